The summed E-state index contributed by atoms with van der Waals surface area (Å²) in [6.07, 6.45) is 0. The number of amidine groups is 2. The van der Waals surface area contributed by atoms with Crippen molar-refractivity contribution in [3.63, 3.8) is 0 Å². The van der Waals surface area contributed by atoms with Crippen LogP contribution >= 0.6 is 0 Å². The Labute approximate surface area is 328 Å². The van der Waals surface area contributed by atoms with Crippen LogP contribution < -0.4 is 9.96 Å². The maximum atomic E-state index is 11.4. The number of aromatic carboxylic acids is 2. The standard InChI is InChI=1S/2C14H24N2O2Si2.2C4H11Si.Zr/c2*1-19(2,3)15-13(16-20(4,5)6)11-9-7-8-10-12(11)14(17)18;2*1-5(2,3)4;/h2*7-10H,1-6H3,(H,15,16)(H,17,18);2*1H2,2-4H3;. The van der Waals surface area contributed by atoms with Crippen molar-refractivity contribution in [2.75, 3.05) is 0 Å². The van der Waals surface area contributed by atoms with E-state index in [0.29, 0.717) is 22.3 Å². The van der Waals surface area contributed by atoms with Crippen LogP contribution in [-0.4, -0.2) is 82.9 Å². The van der Waals surface area contributed by atoms with Gasteiger partial charge in [0.2, 0.25) is 0 Å². The molecule has 0 heterocycles. The number of nitrogens with one attached hydrogen (secondary N) is 2. The summed E-state index contributed by atoms with van der Waals surface area (Å²) in [4.78, 5) is 29.8. The van der Waals surface area contributed by atoms with E-state index in [2.05, 4.69) is 128 Å². The van der Waals surface area contributed by atoms with Crippen LogP contribution in [-0.2, 0) is 23.2 Å². The molecule has 0 saturated carbocycles. The van der Waals surface area contributed by atoms with E-state index in [4.69, 9.17) is 9.32 Å². The molecule has 0 aliphatic carbocycles. The van der Waals surface area contributed by atoms with Crippen LogP contribution in [0.1, 0.15) is 31.8 Å². The molecule has 2 aromatic carbocycles. The number of hydrogen-bond donors (Lipinski definition) is 4. The predicted octanol–water partition coefficient (Wildman–Crippen LogP) is 10.4. The zero-order chi connectivity index (χ0) is 40.2. The molecule has 8 nitrogen and oxygen atoms in total. The molecule has 0 amide bonds. The second-order valence-corrected chi connectivity index (χ2v) is 55.5. The number of carbonyl (C=O) groups is 2. The van der Waals surface area contributed by atoms with Gasteiger partial charge in [-0.3, -0.25) is 0 Å². The molecule has 0 atom stereocenters. The van der Waals surface area contributed by atoms with Crippen molar-refractivity contribution in [1.29, 1.82) is 0 Å². The van der Waals surface area contributed by atoms with Gasteiger partial charge in [0.05, 0.1) is 11.1 Å². The molecule has 4 N–H and O–H groups in total. The molecule has 51 heavy (non-hydrogen) atoms. The van der Waals surface area contributed by atoms with Crippen molar-refractivity contribution < 1.29 is 43.0 Å². The van der Waals surface area contributed by atoms with Gasteiger partial charge in [-0.2, -0.15) is 0 Å². The fourth-order valence-corrected chi connectivity index (χ4v) is 23.8. The van der Waals surface area contributed by atoms with Crippen LogP contribution in [0.25, 0.3) is 0 Å². The van der Waals surface area contributed by atoms with Gasteiger partial charge in [0, 0.05) is 11.1 Å². The summed E-state index contributed by atoms with van der Waals surface area (Å²) in [7, 11) is -7.95. The minimum absolute atomic E-state index is 0.0654. The van der Waals surface area contributed by atoms with E-state index < -0.39 is 61.0 Å². The molecule has 0 aromatic heterocycles. The Morgan fingerprint density at radius 3 is 0.961 bits per heavy atom. The summed E-state index contributed by atoms with van der Waals surface area (Å²) in [5.74, 6) is -0.356. The van der Waals surface area contributed by atoms with Crippen LogP contribution in [0, 0.1) is 0 Å². The first-order chi connectivity index (χ1) is 22.7. The second kappa shape index (κ2) is 20.3. The Kier molecular flexibility index (Phi) is 19.7. The number of rotatable bonds is 12. The SMILES string of the molecule is C[Si](C)(C)N=C(N[Si](C)(C)C)c1ccccc1C(=O)O.C[Si](C)(C)N=C(N[Si](C)(C)C)c1ccccc1C(=O)O.C[Si](C)(C)[CH2][Zr][CH2][Si](C)(C)C. The van der Waals surface area contributed by atoms with E-state index in [1.165, 1.54) is 0 Å². The Balaban J connectivity index is 0.000000770. The Morgan fingerprint density at radius 2 is 0.765 bits per heavy atom. The molecule has 0 radical (unpaired) electrons. The van der Waals surface area contributed by atoms with E-state index in [1.54, 1.807) is 31.8 Å². The second-order valence-electron chi connectivity index (χ2n) is 19.4. The molecule has 286 valence electrons. The van der Waals surface area contributed by atoms with Crippen molar-refractivity contribution in [2.45, 2.75) is 125 Å². The van der Waals surface area contributed by atoms with Gasteiger partial charge in [-0.1, -0.05) is 75.7 Å². The third kappa shape index (κ3) is 25.2. The molecule has 0 aliphatic rings. The summed E-state index contributed by atoms with van der Waals surface area (Å²) < 4.78 is 13.0. The zero-order valence-electron chi connectivity index (χ0n) is 35.1. The number of carboxylic acids is 2. The first-order valence-electron chi connectivity index (χ1n) is 17.8. The number of nitrogens with zero attached hydrogens (tertiary/aromatic N) is 2. The van der Waals surface area contributed by atoms with Crippen molar-refractivity contribution in [2.24, 2.45) is 9.32 Å². The summed E-state index contributed by atoms with van der Waals surface area (Å²) in [6.45, 7) is 41.0. The van der Waals surface area contributed by atoms with Gasteiger partial charge >= 0.3 is 98.1 Å². The van der Waals surface area contributed by atoms with Crippen LogP contribution in [0.15, 0.2) is 57.8 Å². The average molecular weight is 883 g/mol. The van der Waals surface area contributed by atoms with Crippen molar-refractivity contribution in [1.82, 2.24) is 9.96 Å². The van der Waals surface area contributed by atoms with Crippen molar-refractivity contribution in [3.8, 4) is 0 Å². The molecular weight excluding hydrogens is 812 g/mol. The molecule has 15 heteroatoms. The van der Waals surface area contributed by atoms with Gasteiger partial charge in [0.25, 0.3) is 0 Å². The fourth-order valence-electron chi connectivity index (χ4n) is 4.26. The number of hydrogen-bond acceptors (Lipinski definition) is 4. The van der Waals surface area contributed by atoms with Crippen molar-refractivity contribution in [3.05, 3.63) is 70.8 Å². The average Bonchev–Trinajstić information content (AvgIpc) is 2.88. The van der Waals surface area contributed by atoms with E-state index in [0.717, 1.165) is 11.7 Å². The molecule has 0 aliphatic heterocycles. The van der Waals surface area contributed by atoms with Gasteiger partial charge in [-0.05, 0) is 51.4 Å². The third-order valence-corrected chi connectivity index (χ3v) is 31.7. The van der Waals surface area contributed by atoms with E-state index >= 15 is 0 Å². The minimum atomic E-state index is -1.71. The zero-order valence-corrected chi connectivity index (χ0v) is 43.6. The summed E-state index contributed by atoms with van der Waals surface area (Å²) in [6, 6.07) is 14.1. The molecule has 0 bridgehead atoms. The number of carboxylic acid groups (broad SMARTS) is 2. The molecule has 0 unspecified atom stereocenters. The Bertz CT molecular complexity index is 1380. The predicted molar refractivity (Wildman–Crippen MR) is 236 cm³/mol. The molecule has 0 fully saturated rings. The number of benzene rings is 2. The monoisotopic (exact) mass is 880 g/mol. The topological polar surface area (TPSA) is 123 Å². The van der Waals surface area contributed by atoms with Gasteiger partial charge in [-0.15, -0.1) is 0 Å². The van der Waals surface area contributed by atoms with Crippen molar-refractivity contribution >= 4 is 72.7 Å². The summed E-state index contributed by atoms with van der Waals surface area (Å²) in [5.41, 5.74) is 1.97. The van der Waals surface area contributed by atoms with Gasteiger partial charge < -0.3 is 29.5 Å². The molecule has 0 spiro atoms. The first kappa shape index (κ1) is 49.5. The summed E-state index contributed by atoms with van der Waals surface area (Å²) in [5, 5.41) is 18.7. The van der Waals surface area contributed by atoms with Crippen LogP contribution in [0.4, 0.5) is 0 Å². The third-order valence-electron chi connectivity index (χ3n) is 6.02. The van der Waals surface area contributed by atoms with Gasteiger partial charge in [-0.25, -0.2) is 9.59 Å². The fraction of sp³-hybridized carbons (Fsp3) is 0.556. The normalized spacial score (nSPS) is 13.2. The summed E-state index contributed by atoms with van der Waals surface area (Å²) >= 11 is 0.0654. The Hall–Kier alpha value is -1.50. The van der Waals surface area contributed by atoms with E-state index in [9.17, 15) is 19.8 Å². The molecule has 0 saturated heterocycles. The maximum absolute atomic E-state index is 11.4. The quantitative estimate of drug-likeness (QED) is 0.0957. The van der Waals surface area contributed by atoms with Crippen LogP contribution in [0.3, 0.4) is 0 Å². The van der Waals surface area contributed by atoms with Crippen LogP contribution in [0.5, 0.6) is 0 Å². The first-order valence-corrected chi connectivity index (χ1v) is 42.6. The van der Waals surface area contributed by atoms with Gasteiger partial charge in [0.15, 0.2) is 16.5 Å². The van der Waals surface area contributed by atoms with Gasteiger partial charge in [0.1, 0.15) is 28.1 Å². The molecular formula is C36H70N4O4Si6Zr. The van der Waals surface area contributed by atoms with E-state index in [1.807, 2.05) is 24.3 Å². The molecule has 2 aromatic rings. The Morgan fingerprint density at radius 1 is 0.510 bits per heavy atom. The molecule has 2 rings (SSSR count). The van der Waals surface area contributed by atoms with Crippen LogP contribution in [0.2, 0.25) is 125 Å². The van der Waals surface area contributed by atoms with E-state index in [-0.39, 0.29) is 23.2 Å².